The largest absolute Gasteiger partial charge is 0.507 e. The summed E-state index contributed by atoms with van der Waals surface area (Å²) in [5, 5.41) is 12.0. The third-order valence-corrected chi connectivity index (χ3v) is 10.2. The van der Waals surface area contributed by atoms with Crippen LogP contribution >= 0.6 is 0 Å². The lowest BCUT2D eigenvalue weighted by molar-refractivity contribution is 0.481. The highest BCUT2D eigenvalue weighted by atomic mass is 28.3. The number of benzene rings is 1. The zero-order valence-corrected chi connectivity index (χ0v) is 13.6. The average molecular weight is 285 g/mol. The number of phenolic OH excluding ortho intramolecular Hbond substituents is 1. The van der Waals surface area contributed by atoms with Gasteiger partial charge in [-0.15, -0.1) is 0 Å². The van der Waals surface area contributed by atoms with E-state index >= 15 is 0 Å². The maximum atomic E-state index is 10.8. The molecule has 0 aliphatic carbocycles. The molecule has 0 saturated heterocycles. The standard InChI is InChI=1S/C17H23NOSi/c1-4-20(5-2,6-3)16-11-7-10-15(17(16)19)14-9-8-12-18-13-14/h7-13,19H,4-6H2,1-3H3. The predicted molar refractivity (Wildman–Crippen MR) is 88.2 cm³/mol. The van der Waals surface area contributed by atoms with E-state index in [4.69, 9.17) is 0 Å². The van der Waals surface area contributed by atoms with Gasteiger partial charge in [0.05, 0.1) is 8.07 Å². The van der Waals surface area contributed by atoms with Crippen LogP contribution in [0, 0.1) is 0 Å². The minimum absolute atomic E-state index is 0.470. The fraction of sp³-hybridized carbons (Fsp3) is 0.353. The first kappa shape index (κ1) is 14.8. The van der Waals surface area contributed by atoms with E-state index in [0.29, 0.717) is 5.75 Å². The van der Waals surface area contributed by atoms with Crippen LogP contribution in [0.5, 0.6) is 5.75 Å². The molecule has 2 rings (SSSR count). The van der Waals surface area contributed by atoms with Crippen molar-refractivity contribution in [2.45, 2.75) is 38.9 Å². The molecule has 3 heteroatoms. The molecule has 1 N–H and O–H groups in total. The number of nitrogens with zero attached hydrogens (tertiary/aromatic N) is 1. The number of aromatic nitrogens is 1. The zero-order chi connectivity index (χ0) is 14.6. The Bertz CT molecular complexity index is 556. The fourth-order valence-electron chi connectivity index (χ4n) is 3.05. The summed E-state index contributed by atoms with van der Waals surface area (Å²) in [5.41, 5.74) is 1.89. The summed E-state index contributed by atoms with van der Waals surface area (Å²) >= 11 is 0. The summed E-state index contributed by atoms with van der Waals surface area (Å²) in [7, 11) is -1.57. The third-order valence-electron chi connectivity index (χ3n) is 4.61. The second-order valence-electron chi connectivity index (χ2n) is 5.28. The maximum Gasteiger partial charge on any atom is 0.122 e. The molecule has 0 bridgehead atoms. The lowest BCUT2D eigenvalue weighted by Gasteiger charge is -2.30. The van der Waals surface area contributed by atoms with Crippen molar-refractivity contribution in [3.8, 4) is 16.9 Å². The van der Waals surface area contributed by atoms with Gasteiger partial charge in [-0.3, -0.25) is 4.98 Å². The highest BCUT2D eigenvalue weighted by molar-refractivity contribution is 6.92. The van der Waals surface area contributed by atoms with Crippen molar-refractivity contribution in [3.05, 3.63) is 42.7 Å². The second-order valence-corrected chi connectivity index (χ2v) is 10.5. The number of pyridine rings is 1. The van der Waals surface area contributed by atoms with E-state index in [-0.39, 0.29) is 0 Å². The summed E-state index contributed by atoms with van der Waals surface area (Å²) in [4.78, 5) is 4.15. The molecule has 0 aliphatic rings. The third kappa shape index (κ3) is 2.50. The Labute approximate surface area is 122 Å². The Hall–Kier alpha value is -1.61. The van der Waals surface area contributed by atoms with Crippen molar-refractivity contribution in [3.63, 3.8) is 0 Å². The molecule has 0 spiro atoms. The van der Waals surface area contributed by atoms with Gasteiger partial charge in [0.1, 0.15) is 5.75 Å². The van der Waals surface area contributed by atoms with Crippen LogP contribution in [0.25, 0.3) is 11.1 Å². The zero-order valence-electron chi connectivity index (χ0n) is 12.6. The van der Waals surface area contributed by atoms with Crippen LogP contribution in [-0.4, -0.2) is 18.2 Å². The summed E-state index contributed by atoms with van der Waals surface area (Å²) in [6.07, 6.45) is 3.57. The summed E-state index contributed by atoms with van der Waals surface area (Å²) < 4.78 is 0. The van der Waals surface area contributed by atoms with Gasteiger partial charge in [-0.2, -0.15) is 0 Å². The molecule has 1 aromatic carbocycles. The van der Waals surface area contributed by atoms with Gasteiger partial charge < -0.3 is 5.11 Å². The quantitative estimate of drug-likeness (QED) is 0.836. The number of phenols is 1. The SMILES string of the molecule is CC[Si](CC)(CC)c1cccc(-c2cccnc2)c1O. The summed E-state index contributed by atoms with van der Waals surface area (Å²) in [6, 6.07) is 13.6. The molecular weight excluding hydrogens is 262 g/mol. The molecule has 106 valence electrons. The van der Waals surface area contributed by atoms with E-state index in [0.717, 1.165) is 11.1 Å². The molecule has 0 amide bonds. The Morgan fingerprint density at radius 1 is 1.00 bits per heavy atom. The van der Waals surface area contributed by atoms with E-state index in [9.17, 15) is 5.11 Å². The fourth-order valence-corrected chi connectivity index (χ4v) is 6.78. The van der Waals surface area contributed by atoms with Gasteiger partial charge in [0, 0.05) is 23.5 Å². The minimum Gasteiger partial charge on any atom is -0.507 e. The van der Waals surface area contributed by atoms with Crippen LogP contribution in [0.15, 0.2) is 42.7 Å². The normalized spacial score (nSPS) is 11.6. The van der Waals surface area contributed by atoms with Crippen LogP contribution in [0.4, 0.5) is 0 Å². The molecule has 0 unspecified atom stereocenters. The smallest absolute Gasteiger partial charge is 0.122 e. The monoisotopic (exact) mass is 285 g/mol. The lowest BCUT2D eigenvalue weighted by Crippen LogP contribution is -2.45. The van der Waals surface area contributed by atoms with Gasteiger partial charge in [0.25, 0.3) is 0 Å². The molecule has 0 radical (unpaired) electrons. The van der Waals surface area contributed by atoms with Crippen molar-refractivity contribution >= 4 is 13.3 Å². The number of aromatic hydroxyl groups is 1. The first-order chi connectivity index (χ1) is 9.68. The van der Waals surface area contributed by atoms with Gasteiger partial charge in [-0.1, -0.05) is 63.2 Å². The van der Waals surface area contributed by atoms with Crippen LogP contribution in [0.3, 0.4) is 0 Å². The molecule has 20 heavy (non-hydrogen) atoms. The number of hydrogen-bond acceptors (Lipinski definition) is 2. The van der Waals surface area contributed by atoms with Crippen LogP contribution < -0.4 is 5.19 Å². The van der Waals surface area contributed by atoms with Gasteiger partial charge in [-0.05, 0) is 11.3 Å². The van der Waals surface area contributed by atoms with Crippen LogP contribution in [-0.2, 0) is 0 Å². The predicted octanol–water partition coefficient (Wildman–Crippen LogP) is 4.17. The van der Waals surface area contributed by atoms with E-state index in [1.165, 1.54) is 23.3 Å². The van der Waals surface area contributed by atoms with Crippen molar-refractivity contribution in [1.29, 1.82) is 0 Å². The summed E-state index contributed by atoms with van der Waals surface area (Å²) in [6.45, 7) is 6.78. The van der Waals surface area contributed by atoms with Crippen molar-refractivity contribution in [1.82, 2.24) is 4.98 Å². The Kier molecular flexibility index (Phi) is 4.60. The van der Waals surface area contributed by atoms with E-state index in [1.54, 1.807) is 6.20 Å². The minimum atomic E-state index is -1.57. The van der Waals surface area contributed by atoms with Crippen molar-refractivity contribution in [2.24, 2.45) is 0 Å². The average Bonchev–Trinajstić information content (AvgIpc) is 2.52. The summed E-state index contributed by atoms with van der Waals surface area (Å²) in [5.74, 6) is 0.470. The number of rotatable bonds is 5. The Balaban J connectivity index is 2.58. The Morgan fingerprint density at radius 2 is 1.70 bits per heavy atom. The number of hydrogen-bond donors (Lipinski definition) is 1. The molecule has 0 saturated carbocycles. The van der Waals surface area contributed by atoms with E-state index in [1.807, 2.05) is 24.4 Å². The van der Waals surface area contributed by atoms with Gasteiger partial charge in [-0.25, -0.2) is 0 Å². The van der Waals surface area contributed by atoms with Gasteiger partial charge >= 0.3 is 0 Å². The molecule has 1 heterocycles. The Morgan fingerprint density at radius 3 is 2.25 bits per heavy atom. The highest BCUT2D eigenvalue weighted by Crippen LogP contribution is 2.31. The lowest BCUT2D eigenvalue weighted by atomic mass is 10.1. The van der Waals surface area contributed by atoms with E-state index < -0.39 is 8.07 Å². The first-order valence-corrected chi connectivity index (χ1v) is 10.0. The van der Waals surface area contributed by atoms with Crippen molar-refractivity contribution < 1.29 is 5.11 Å². The van der Waals surface area contributed by atoms with E-state index in [2.05, 4.69) is 37.9 Å². The molecule has 2 aromatic rings. The maximum absolute atomic E-state index is 10.8. The van der Waals surface area contributed by atoms with Gasteiger partial charge in [0.15, 0.2) is 0 Å². The van der Waals surface area contributed by atoms with Gasteiger partial charge in [0.2, 0.25) is 0 Å². The second kappa shape index (κ2) is 6.22. The van der Waals surface area contributed by atoms with Crippen molar-refractivity contribution in [2.75, 3.05) is 0 Å². The highest BCUT2D eigenvalue weighted by Gasteiger charge is 2.32. The molecule has 0 fully saturated rings. The molecule has 1 aromatic heterocycles. The molecular formula is C17H23NOSi. The van der Waals surface area contributed by atoms with Crippen LogP contribution in [0.1, 0.15) is 20.8 Å². The number of para-hydroxylation sites is 1. The first-order valence-electron chi connectivity index (χ1n) is 7.41. The molecule has 0 aliphatic heterocycles. The topological polar surface area (TPSA) is 33.1 Å². The molecule has 2 nitrogen and oxygen atoms in total. The van der Waals surface area contributed by atoms with Crippen LogP contribution in [0.2, 0.25) is 18.1 Å². The molecule has 0 atom stereocenters.